The van der Waals surface area contributed by atoms with Crippen molar-refractivity contribution < 1.29 is 9.18 Å². The second-order valence-corrected chi connectivity index (χ2v) is 5.32. The molecule has 21 heavy (non-hydrogen) atoms. The van der Waals surface area contributed by atoms with E-state index < -0.39 is 11.7 Å². The maximum atomic E-state index is 13.6. The van der Waals surface area contributed by atoms with Crippen molar-refractivity contribution in [1.82, 2.24) is 0 Å². The highest BCUT2D eigenvalue weighted by Crippen LogP contribution is 2.20. The summed E-state index contributed by atoms with van der Waals surface area (Å²) < 4.78 is 13.6. The van der Waals surface area contributed by atoms with Gasteiger partial charge in [-0.3, -0.25) is 4.79 Å². The standard InChI is InChI=1S/C15H12ClFN2OS/c16-11-2-1-3-12(17)14(11)15(20)19-10-6-4-9(5-7-10)8-13(18)21/h1-7H,8H2,(H2,18,21)(H,19,20). The van der Waals surface area contributed by atoms with Crippen LogP contribution in [0.5, 0.6) is 0 Å². The molecule has 6 heteroatoms. The highest BCUT2D eigenvalue weighted by molar-refractivity contribution is 7.80. The van der Waals surface area contributed by atoms with Crippen molar-refractivity contribution >= 4 is 40.4 Å². The number of thiocarbonyl (C=S) groups is 1. The first-order chi connectivity index (χ1) is 9.97. The molecule has 108 valence electrons. The molecule has 0 aliphatic carbocycles. The summed E-state index contributed by atoms with van der Waals surface area (Å²) in [7, 11) is 0. The highest BCUT2D eigenvalue weighted by Gasteiger charge is 2.15. The van der Waals surface area contributed by atoms with Crippen molar-refractivity contribution in [2.45, 2.75) is 6.42 Å². The number of anilines is 1. The molecule has 3 nitrogen and oxygen atoms in total. The molecule has 0 radical (unpaired) electrons. The molecule has 1 amide bonds. The van der Waals surface area contributed by atoms with E-state index in [0.717, 1.165) is 5.56 Å². The second-order valence-electron chi connectivity index (χ2n) is 4.39. The number of amides is 1. The fourth-order valence-corrected chi connectivity index (χ4v) is 2.23. The molecule has 0 bridgehead atoms. The van der Waals surface area contributed by atoms with Gasteiger partial charge in [0.25, 0.3) is 5.91 Å². The quantitative estimate of drug-likeness (QED) is 0.846. The van der Waals surface area contributed by atoms with Gasteiger partial charge in [0, 0.05) is 12.1 Å². The smallest absolute Gasteiger partial charge is 0.260 e. The van der Waals surface area contributed by atoms with Crippen LogP contribution in [0.1, 0.15) is 15.9 Å². The van der Waals surface area contributed by atoms with Crippen LogP contribution in [0.4, 0.5) is 10.1 Å². The molecule has 0 aliphatic heterocycles. The third-order valence-electron chi connectivity index (χ3n) is 2.78. The van der Waals surface area contributed by atoms with Gasteiger partial charge in [-0.15, -0.1) is 0 Å². The summed E-state index contributed by atoms with van der Waals surface area (Å²) in [4.78, 5) is 12.4. The van der Waals surface area contributed by atoms with Gasteiger partial charge < -0.3 is 11.1 Å². The van der Waals surface area contributed by atoms with Crippen molar-refractivity contribution in [3.8, 4) is 0 Å². The van der Waals surface area contributed by atoms with E-state index in [-0.39, 0.29) is 10.6 Å². The highest BCUT2D eigenvalue weighted by atomic mass is 35.5. The lowest BCUT2D eigenvalue weighted by Crippen LogP contribution is -2.14. The van der Waals surface area contributed by atoms with Gasteiger partial charge in [-0.2, -0.15) is 0 Å². The van der Waals surface area contributed by atoms with E-state index in [1.807, 2.05) is 0 Å². The van der Waals surface area contributed by atoms with Crippen LogP contribution in [-0.4, -0.2) is 10.9 Å². The summed E-state index contributed by atoms with van der Waals surface area (Å²) in [5.41, 5.74) is 6.75. The Bertz CT molecular complexity index is 668. The van der Waals surface area contributed by atoms with Crippen LogP contribution in [0.3, 0.4) is 0 Å². The van der Waals surface area contributed by atoms with Crippen molar-refractivity contribution in [3.05, 3.63) is 64.4 Å². The Labute approximate surface area is 131 Å². The van der Waals surface area contributed by atoms with E-state index in [4.69, 9.17) is 29.6 Å². The van der Waals surface area contributed by atoms with Gasteiger partial charge in [-0.1, -0.05) is 42.0 Å². The molecule has 0 heterocycles. The number of hydrogen-bond acceptors (Lipinski definition) is 2. The summed E-state index contributed by atoms with van der Waals surface area (Å²) in [6, 6.07) is 11.1. The van der Waals surface area contributed by atoms with Gasteiger partial charge in [0.1, 0.15) is 5.82 Å². The lowest BCUT2D eigenvalue weighted by atomic mass is 10.1. The summed E-state index contributed by atoms with van der Waals surface area (Å²) in [5, 5.41) is 2.66. The summed E-state index contributed by atoms with van der Waals surface area (Å²) in [6.07, 6.45) is 0.489. The number of nitrogens with one attached hydrogen (secondary N) is 1. The van der Waals surface area contributed by atoms with Crippen molar-refractivity contribution in [3.63, 3.8) is 0 Å². The Morgan fingerprint density at radius 3 is 2.48 bits per heavy atom. The predicted octanol–water partition coefficient (Wildman–Crippen LogP) is 3.56. The third kappa shape index (κ3) is 4.00. The van der Waals surface area contributed by atoms with Crippen molar-refractivity contribution in [2.75, 3.05) is 5.32 Å². The Hall–Kier alpha value is -1.98. The van der Waals surface area contributed by atoms with E-state index in [1.165, 1.54) is 18.2 Å². The summed E-state index contributed by atoms with van der Waals surface area (Å²) in [6.45, 7) is 0. The molecule has 0 saturated carbocycles. The van der Waals surface area contributed by atoms with Crippen LogP contribution in [0.25, 0.3) is 0 Å². The van der Waals surface area contributed by atoms with Gasteiger partial charge in [-0.25, -0.2) is 4.39 Å². The normalized spacial score (nSPS) is 10.2. The Balaban J connectivity index is 2.14. The first kappa shape index (κ1) is 15.4. The molecule has 0 saturated heterocycles. The molecule has 0 spiro atoms. The number of carbonyl (C=O) groups excluding carboxylic acids is 1. The predicted molar refractivity (Wildman–Crippen MR) is 86.3 cm³/mol. The Kier molecular flexibility index (Phi) is 4.88. The Morgan fingerprint density at radius 2 is 1.90 bits per heavy atom. The molecular formula is C15H12ClFN2OS. The van der Waals surface area contributed by atoms with Crippen LogP contribution < -0.4 is 11.1 Å². The van der Waals surface area contributed by atoms with E-state index >= 15 is 0 Å². The van der Waals surface area contributed by atoms with Crippen LogP contribution in [0.15, 0.2) is 42.5 Å². The fourth-order valence-electron chi connectivity index (χ4n) is 1.82. The molecular weight excluding hydrogens is 311 g/mol. The van der Waals surface area contributed by atoms with Gasteiger partial charge in [0.05, 0.1) is 15.6 Å². The first-order valence-electron chi connectivity index (χ1n) is 6.10. The van der Waals surface area contributed by atoms with Gasteiger partial charge in [-0.05, 0) is 29.8 Å². The van der Waals surface area contributed by atoms with Gasteiger partial charge >= 0.3 is 0 Å². The maximum Gasteiger partial charge on any atom is 0.260 e. The van der Waals surface area contributed by atoms with Crippen LogP contribution >= 0.6 is 23.8 Å². The molecule has 0 aliphatic rings. The topological polar surface area (TPSA) is 55.1 Å². The zero-order valence-electron chi connectivity index (χ0n) is 10.9. The third-order valence-corrected chi connectivity index (χ3v) is 3.24. The average molecular weight is 323 g/mol. The molecule has 2 aromatic rings. The number of halogens is 2. The first-order valence-corrected chi connectivity index (χ1v) is 6.88. The number of hydrogen-bond donors (Lipinski definition) is 2. The number of rotatable bonds is 4. The van der Waals surface area contributed by atoms with Gasteiger partial charge in [0.2, 0.25) is 0 Å². The number of benzene rings is 2. The molecule has 2 aromatic carbocycles. The van der Waals surface area contributed by atoms with E-state index in [9.17, 15) is 9.18 Å². The maximum absolute atomic E-state index is 13.6. The molecule has 0 fully saturated rings. The van der Waals surface area contributed by atoms with Crippen LogP contribution in [-0.2, 0) is 6.42 Å². The average Bonchev–Trinajstić information content (AvgIpc) is 2.40. The fraction of sp³-hybridized carbons (Fsp3) is 0.0667. The Morgan fingerprint density at radius 1 is 1.24 bits per heavy atom. The minimum absolute atomic E-state index is 0.0672. The van der Waals surface area contributed by atoms with Crippen molar-refractivity contribution in [1.29, 1.82) is 0 Å². The molecule has 0 aromatic heterocycles. The van der Waals surface area contributed by atoms with Crippen LogP contribution in [0, 0.1) is 5.82 Å². The summed E-state index contributed by atoms with van der Waals surface area (Å²) >= 11 is 10.7. The van der Waals surface area contributed by atoms with E-state index in [2.05, 4.69) is 5.32 Å². The monoisotopic (exact) mass is 322 g/mol. The lowest BCUT2D eigenvalue weighted by molar-refractivity contribution is 0.102. The molecule has 3 N–H and O–H groups in total. The minimum atomic E-state index is -0.662. The van der Waals surface area contributed by atoms with Crippen molar-refractivity contribution in [2.24, 2.45) is 5.73 Å². The largest absolute Gasteiger partial charge is 0.393 e. The zero-order chi connectivity index (χ0) is 15.4. The molecule has 0 atom stereocenters. The van der Waals surface area contributed by atoms with E-state index in [0.29, 0.717) is 17.1 Å². The number of carbonyl (C=O) groups is 1. The molecule has 2 rings (SSSR count). The zero-order valence-corrected chi connectivity index (χ0v) is 12.5. The van der Waals surface area contributed by atoms with Gasteiger partial charge in [0.15, 0.2) is 0 Å². The molecule has 0 unspecified atom stereocenters. The van der Waals surface area contributed by atoms with Crippen LogP contribution in [0.2, 0.25) is 5.02 Å². The summed E-state index contributed by atoms with van der Waals surface area (Å²) in [5.74, 6) is -1.26. The second kappa shape index (κ2) is 6.65. The SMILES string of the molecule is NC(=S)Cc1ccc(NC(=O)c2c(F)cccc2Cl)cc1. The lowest BCUT2D eigenvalue weighted by Gasteiger charge is -2.08. The number of nitrogens with two attached hydrogens (primary N) is 1. The van der Waals surface area contributed by atoms with E-state index in [1.54, 1.807) is 24.3 Å². The minimum Gasteiger partial charge on any atom is -0.393 e.